The van der Waals surface area contributed by atoms with E-state index >= 15 is 0 Å². The zero-order chi connectivity index (χ0) is 16.6. The average molecular weight is 383 g/mol. The molecule has 5 heteroatoms. The van der Waals surface area contributed by atoms with E-state index in [0.717, 1.165) is 40.6 Å². The predicted octanol–water partition coefficient (Wildman–Crippen LogP) is 4.63. The summed E-state index contributed by atoms with van der Waals surface area (Å²) in [4.78, 5) is 12.3. The zero-order valence-corrected chi connectivity index (χ0v) is 15.2. The maximum absolute atomic E-state index is 12.3. The van der Waals surface area contributed by atoms with E-state index in [1.165, 1.54) is 0 Å². The molecule has 1 heterocycles. The SMILES string of the molecule is CC(C)c1c2c(cc(Br)c1C1(C(=O)O)CCCCC1)OCCO2. The van der Waals surface area contributed by atoms with E-state index in [9.17, 15) is 9.90 Å². The van der Waals surface area contributed by atoms with Crippen molar-refractivity contribution in [1.82, 2.24) is 0 Å². The lowest BCUT2D eigenvalue weighted by molar-refractivity contribution is -0.145. The van der Waals surface area contributed by atoms with Gasteiger partial charge in [-0.3, -0.25) is 4.79 Å². The fourth-order valence-corrected chi connectivity index (χ4v) is 4.74. The predicted molar refractivity (Wildman–Crippen MR) is 91.6 cm³/mol. The van der Waals surface area contributed by atoms with Crippen molar-refractivity contribution >= 4 is 21.9 Å². The molecule has 0 unspecified atom stereocenters. The van der Waals surface area contributed by atoms with Gasteiger partial charge in [-0.15, -0.1) is 0 Å². The molecule has 0 saturated heterocycles. The summed E-state index contributed by atoms with van der Waals surface area (Å²) in [5, 5.41) is 10.1. The molecular weight excluding hydrogens is 360 g/mol. The van der Waals surface area contributed by atoms with Gasteiger partial charge in [0.1, 0.15) is 13.2 Å². The van der Waals surface area contributed by atoms with Gasteiger partial charge < -0.3 is 14.6 Å². The summed E-state index contributed by atoms with van der Waals surface area (Å²) in [6.07, 6.45) is 4.37. The van der Waals surface area contributed by atoms with Crippen LogP contribution in [0, 0.1) is 0 Å². The van der Waals surface area contributed by atoms with Crippen LogP contribution in [0.5, 0.6) is 11.5 Å². The molecule has 4 nitrogen and oxygen atoms in total. The molecule has 23 heavy (non-hydrogen) atoms. The Bertz CT molecular complexity index is 618. The van der Waals surface area contributed by atoms with Crippen LogP contribution in [0.3, 0.4) is 0 Å². The van der Waals surface area contributed by atoms with Crippen LogP contribution in [0.1, 0.15) is 63.0 Å². The molecule has 1 N–H and O–H groups in total. The summed E-state index contributed by atoms with van der Waals surface area (Å²) < 4.78 is 12.4. The Kier molecular flexibility index (Phi) is 4.59. The lowest BCUT2D eigenvalue weighted by Gasteiger charge is -2.38. The Hall–Kier alpha value is -1.23. The second kappa shape index (κ2) is 6.34. The standard InChI is InChI=1S/C18H23BrO4/c1-11(2)14-15(18(17(20)21)6-4-3-5-7-18)12(19)10-13-16(14)23-9-8-22-13/h10-11H,3-9H2,1-2H3,(H,20,21). The molecule has 1 aromatic carbocycles. The molecule has 0 amide bonds. The Morgan fingerprint density at radius 3 is 2.48 bits per heavy atom. The minimum absolute atomic E-state index is 0.163. The third-order valence-electron chi connectivity index (χ3n) is 4.99. The number of ether oxygens (including phenoxy) is 2. The zero-order valence-electron chi connectivity index (χ0n) is 13.7. The first kappa shape index (κ1) is 16.6. The lowest BCUT2D eigenvalue weighted by Crippen LogP contribution is -2.39. The van der Waals surface area contributed by atoms with Crippen molar-refractivity contribution < 1.29 is 19.4 Å². The number of halogens is 1. The number of aliphatic carboxylic acids is 1. The third-order valence-corrected chi connectivity index (χ3v) is 5.62. The van der Waals surface area contributed by atoms with Crippen LogP contribution >= 0.6 is 15.9 Å². The van der Waals surface area contributed by atoms with Gasteiger partial charge in [-0.05, 0) is 30.4 Å². The molecule has 0 radical (unpaired) electrons. The Morgan fingerprint density at radius 1 is 1.22 bits per heavy atom. The van der Waals surface area contributed by atoms with Gasteiger partial charge in [-0.1, -0.05) is 49.0 Å². The first-order valence-corrected chi connectivity index (χ1v) is 9.12. The maximum atomic E-state index is 12.3. The second-order valence-corrected chi connectivity index (χ2v) is 7.63. The molecular formula is C18H23BrO4. The Labute approximate surface area is 145 Å². The Morgan fingerprint density at radius 2 is 1.87 bits per heavy atom. The quantitative estimate of drug-likeness (QED) is 0.827. The van der Waals surface area contributed by atoms with E-state index in [4.69, 9.17) is 9.47 Å². The number of carboxylic acids is 1. The average Bonchev–Trinajstić information content (AvgIpc) is 2.53. The molecule has 0 spiro atoms. The summed E-state index contributed by atoms with van der Waals surface area (Å²) in [5.74, 6) is 0.884. The van der Waals surface area contributed by atoms with Crippen LogP contribution < -0.4 is 9.47 Å². The monoisotopic (exact) mass is 382 g/mol. The molecule has 0 atom stereocenters. The Balaban J connectivity index is 2.26. The smallest absolute Gasteiger partial charge is 0.314 e. The summed E-state index contributed by atoms with van der Waals surface area (Å²) in [6, 6.07) is 1.88. The van der Waals surface area contributed by atoms with Crippen molar-refractivity contribution in [3.05, 3.63) is 21.7 Å². The molecule has 1 saturated carbocycles. The number of fused-ring (bicyclic) bond motifs is 1. The summed E-state index contributed by atoms with van der Waals surface area (Å²) in [5.41, 5.74) is 1.05. The molecule has 1 aliphatic heterocycles. The highest BCUT2D eigenvalue weighted by Gasteiger charge is 2.45. The molecule has 1 fully saturated rings. The van der Waals surface area contributed by atoms with Crippen molar-refractivity contribution in [2.45, 2.75) is 57.3 Å². The number of rotatable bonds is 3. The molecule has 2 aliphatic rings. The number of hydrogen-bond acceptors (Lipinski definition) is 3. The molecule has 1 aromatic rings. The molecule has 126 valence electrons. The van der Waals surface area contributed by atoms with Crippen LogP contribution in [0.4, 0.5) is 0 Å². The van der Waals surface area contributed by atoms with Crippen LogP contribution in [-0.4, -0.2) is 24.3 Å². The summed E-state index contributed by atoms with van der Waals surface area (Å²) in [7, 11) is 0. The highest BCUT2D eigenvalue weighted by molar-refractivity contribution is 9.10. The van der Waals surface area contributed by atoms with Crippen LogP contribution in [0.25, 0.3) is 0 Å². The summed E-state index contributed by atoms with van der Waals surface area (Å²) >= 11 is 3.63. The third kappa shape index (κ3) is 2.73. The highest BCUT2D eigenvalue weighted by Crippen LogP contribution is 2.51. The number of carboxylic acid groups (broad SMARTS) is 1. The second-order valence-electron chi connectivity index (χ2n) is 6.77. The number of hydrogen-bond donors (Lipinski definition) is 1. The van der Waals surface area contributed by atoms with Crippen molar-refractivity contribution in [3.8, 4) is 11.5 Å². The van der Waals surface area contributed by atoms with Gasteiger partial charge in [0.25, 0.3) is 0 Å². The van der Waals surface area contributed by atoms with E-state index in [0.29, 0.717) is 31.8 Å². The van der Waals surface area contributed by atoms with Gasteiger partial charge in [0.05, 0.1) is 5.41 Å². The topological polar surface area (TPSA) is 55.8 Å². The van der Waals surface area contributed by atoms with Gasteiger partial charge in [0.2, 0.25) is 0 Å². The van der Waals surface area contributed by atoms with Crippen LogP contribution in [0.15, 0.2) is 10.5 Å². The van der Waals surface area contributed by atoms with E-state index < -0.39 is 11.4 Å². The van der Waals surface area contributed by atoms with Crippen molar-refractivity contribution in [2.75, 3.05) is 13.2 Å². The van der Waals surface area contributed by atoms with E-state index in [2.05, 4.69) is 29.8 Å². The minimum atomic E-state index is -0.827. The fourth-order valence-electron chi connectivity index (χ4n) is 3.94. The molecule has 0 aromatic heterocycles. The largest absolute Gasteiger partial charge is 0.486 e. The highest BCUT2D eigenvalue weighted by atomic mass is 79.9. The van der Waals surface area contributed by atoms with Crippen molar-refractivity contribution in [3.63, 3.8) is 0 Å². The number of carbonyl (C=O) groups is 1. The normalized spacial score (nSPS) is 19.7. The van der Waals surface area contributed by atoms with E-state index in [1.807, 2.05) is 6.07 Å². The maximum Gasteiger partial charge on any atom is 0.314 e. The molecule has 0 bridgehead atoms. The first-order chi connectivity index (χ1) is 11.0. The van der Waals surface area contributed by atoms with Gasteiger partial charge in [0.15, 0.2) is 11.5 Å². The molecule has 1 aliphatic carbocycles. The van der Waals surface area contributed by atoms with Gasteiger partial charge >= 0.3 is 5.97 Å². The van der Waals surface area contributed by atoms with E-state index in [1.54, 1.807) is 0 Å². The van der Waals surface area contributed by atoms with Gasteiger partial charge in [-0.25, -0.2) is 0 Å². The van der Waals surface area contributed by atoms with Crippen molar-refractivity contribution in [1.29, 1.82) is 0 Å². The first-order valence-electron chi connectivity index (χ1n) is 8.33. The summed E-state index contributed by atoms with van der Waals surface area (Å²) in [6.45, 7) is 5.21. The van der Waals surface area contributed by atoms with Crippen LogP contribution in [0.2, 0.25) is 0 Å². The van der Waals surface area contributed by atoms with Crippen LogP contribution in [-0.2, 0) is 10.2 Å². The number of benzene rings is 1. The lowest BCUT2D eigenvalue weighted by atomic mass is 9.67. The fraction of sp³-hybridized carbons (Fsp3) is 0.611. The van der Waals surface area contributed by atoms with Gasteiger partial charge in [-0.2, -0.15) is 0 Å². The van der Waals surface area contributed by atoms with Gasteiger partial charge in [0, 0.05) is 10.0 Å². The van der Waals surface area contributed by atoms with Crippen molar-refractivity contribution in [2.24, 2.45) is 0 Å². The minimum Gasteiger partial charge on any atom is -0.486 e. The molecule has 3 rings (SSSR count). The van der Waals surface area contributed by atoms with E-state index in [-0.39, 0.29) is 5.92 Å².